The molecule has 6 rings (SSSR count). The summed E-state index contributed by atoms with van der Waals surface area (Å²) in [5.74, 6) is 1.36. The monoisotopic (exact) mass is 440 g/mol. The second kappa shape index (κ2) is 6.84. The summed E-state index contributed by atoms with van der Waals surface area (Å²) >= 11 is 6.99. The summed E-state index contributed by atoms with van der Waals surface area (Å²) in [6.45, 7) is 0. The van der Waals surface area contributed by atoms with Crippen LogP contribution in [0.15, 0.2) is 71.5 Å². The summed E-state index contributed by atoms with van der Waals surface area (Å²) in [7, 11) is 3.24. The second-order valence-corrected chi connectivity index (χ2v) is 8.02. The molecule has 0 fully saturated rings. The number of hydrogen-bond acceptors (Lipinski definition) is 4. The van der Waals surface area contributed by atoms with Gasteiger partial charge in [0.2, 0.25) is 0 Å². The van der Waals surface area contributed by atoms with Crippen molar-refractivity contribution in [2.24, 2.45) is 0 Å². The van der Waals surface area contributed by atoms with Crippen molar-refractivity contribution >= 4 is 11.6 Å². The fraction of sp³-hybridized carbons (Fsp3) is 0.0769. The molecule has 32 heavy (non-hydrogen) atoms. The van der Waals surface area contributed by atoms with E-state index in [0.717, 1.165) is 33.5 Å². The fourth-order valence-electron chi connectivity index (χ4n) is 4.39. The molecule has 4 aromatic carbocycles. The van der Waals surface area contributed by atoms with E-state index in [1.165, 1.54) is 0 Å². The fourth-order valence-corrected chi connectivity index (χ4v) is 4.72. The number of methoxy groups -OCH3 is 2. The highest BCUT2D eigenvalue weighted by atomic mass is 35.5. The summed E-state index contributed by atoms with van der Waals surface area (Å²) in [4.78, 5) is 12.9. The maximum atomic E-state index is 12.9. The molecule has 1 heterocycles. The van der Waals surface area contributed by atoms with Crippen LogP contribution in [0, 0.1) is 0 Å². The van der Waals surface area contributed by atoms with E-state index in [9.17, 15) is 4.79 Å². The van der Waals surface area contributed by atoms with Crippen molar-refractivity contribution in [3.05, 3.63) is 82.1 Å². The lowest BCUT2D eigenvalue weighted by molar-refractivity contribution is 0.415. The summed E-state index contributed by atoms with van der Waals surface area (Å²) in [6, 6.07) is 21.1. The smallest absolute Gasteiger partial charge is 0.195 e. The third-order valence-corrected chi connectivity index (χ3v) is 6.34. The maximum absolute atomic E-state index is 12.9. The number of benzene rings is 3. The number of aromatic nitrogens is 2. The van der Waals surface area contributed by atoms with Crippen molar-refractivity contribution in [3.63, 3.8) is 0 Å². The molecule has 0 spiro atoms. The third-order valence-electron chi connectivity index (χ3n) is 5.99. The Morgan fingerprint density at radius 2 is 1.34 bits per heavy atom. The normalized spacial score (nSPS) is 11.7. The highest BCUT2D eigenvalue weighted by molar-refractivity contribution is 6.34. The van der Waals surface area contributed by atoms with E-state index in [4.69, 9.17) is 26.2 Å². The summed E-state index contributed by atoms with van der Waals surface area (Å²) in [6.07, 6.45) is 0. The number of para-hydroxylation sites is 1. The van der Waals surface area contributed by atoms with Crippen LogP contribution in [0.25, 0.3) is 50.3 Å². The zero-order valence-electron chi connectivity index (χ0n) is 17.3. The largest absolute Gasteiger partial charge is 0.497 e. The molecule has 1 aliphatic carbocycles. The third kappa shape index (κ3) is 2.58. The molecule has 0 atom stereocenters. The molecule has 0 amide bonds. The van der Waals surface area contributed by atoms with Gasteiger partial charge in [0, 0.05) is 22.3 Å². The maximum Gasteiger partial charge on any atom is 0.195 e. The van der Waals surface area contributed by atoms with E-state index in [1.54, 1.807) is 18.9 Å². The molecular formula is C26H17ClN2O3. The molecule has 6 heteroatoms. The number of halogens is 1. The van der Waals surface area contributed by atoms with E-state index in [1.807, 2.05) is 66.7 Å². The Labute approximate surface area is 189 Å². The van der Waals surface area contributed by atoms with Gasteiger partial charge in [-0.1, -0.05) is 29.8 Å². The van der Waals surface area contributed by atoms with E-state index in [2.05, 4.69) is 0 Å². The Bertz CT molecular complexity index is 1530. The molecule has 5 nitrogen and oxygen atoms in total. The molecule has 0 saturated carbocycles. The van der Waals surface area contributed by atoms with Crippen molar-refractivity contribution in [2.75, 3.05) is 14.2 Å². The van der Waals surface area contributed by atoms with E-state index < -0.39 is 0 Å². The van der Waals surface area contributed by atoms with Gasteiger partial charge in [0.15, 0.2) is 5.43 Å². The van der Waals surface area contributed by atoms with Crippen molar-refractivity contribution in [1.82, 2.24) is 9.78 Å². The number of hydrogen-bond donors (Lipinski definition) is 0. The molecular weight excluding hydrogens is 424 g/mol. The molecule has 0 radical (unpaired) electrons. The molecule has 0 aliphatic heterocycles. The molecule has 156 valence electrons. The Morgan fingerprint density at radius 3 is 1.97 bits per heavy atom. The summed E-state index contributed by atoms with van der Waals surface area (Å²) < 4.78 is 12.7. The first-order valence-corrected chi connectivity index (χ1v) is 10.5. The van der Waals surface area contributed by atoms with Gasteiger partial charge in [-0.2, -0.15) is 5.10 Å². The first kappa shape index (κ1) is 18.9. The molecule has 0 saturated heterocycles. The van der Waals surface area contributed by atoms with Crippen molar-refractivity contribution in [3.8, 4) is 61.8 Å². The SMILES string of the molecule is COc1ccc2c(c1)-c1nn(-c3ccccc3)c(Cl)c1-c1cc(OC)ccc1-c1c-2c1=O. The number of ether oxygens (including phenoxy) is 2. The highest BCUT2D eigenvalue weighted by Crippen LogP contribution is 2.52. The van der Waals surface area contributed by atoms with E-state index in [0.29, 0.717) is 33.5 Å². The van der Waals surface area contributed by atoms with Crippen molar-refractivity contribution in [1.29, 1.82) is 0 Å². The van der Waals surface area contributed by atoms with Gasteiger partial charge in [0.25, 0.3) is 0 Å². The molecule has 0 bridgehead atoms. The highest BCUT2D eigenvalue weighted by Gasteiger charge is 2.35. The van der Waals surface area contributed by atoms with Crippen LogP contribution in [-0.4, -0.2) is 24.0 Å². The van der Waals surface area contributed by atoms with Gasteiger partial charge in [-0.15, -0.1) is 0 Å². The van der Waals surface area contributed by atoms with Gasteiger partial charge in [0.1, 0.15) is 22.3 Å². The Morgan fingerprint density at radius 1 is 0.750 bits per heavy atom. The van der Waals surface area contributed by atoms with Gasteiger partial charge in [-0.25, -0.2) is 4.68 Å². The average molecular weight is 441 g/mol. The van der Waals surface area contributed by atoms with Crippen LogP contribution >= 0.6 is 11.6 Å². The lowest BCUT2D eigenvalue weighted by atomic mass is 9.90. The Hall–Kier alpha value is -3.83. The molecule has 1 aliphatic rings. The predicted octanol–water partition coefficient (Wildman–Crippen LogP) is 5.76. The van der Waals surface area contributed by atoms with Crippen LogP contribution < -0.4 is 14.9 Å². The zero-order valence-corrected chi connectivity index (χ0v) is 18.1. The molecule has 5 aromatic rings. The van der Waals surface area contributed by atoms with Gasteiger partial charge >= 0.3 is 0 Å². The first-order chi connectivity index (χ1) is 15.6. The summed E-state index contributed by atoms with van der Waals surface area (Å²) in [5.41, 5.74) is 7.05. The second-order valence-electron chi connectivity index (χ2n) is 7.66. The van der Waals surface area contributed by atoms with Crippen LogP contribution in [0.4, 0.5) is 0 Å². The molecule has 1 aromatic heterocycles. The van der Waals surface area contributed by atoms with Crippen LogP contribution in [0.2, 0.25) is 5.15 Å². The quantitative estimate of drug-likeness (QED) is 0.351. The number of fused-ring (bicyclic) bond motifs is 8. The van der Waals surface area contributed by atoms with E-state index >= 15 is 0 Å². The predicted molar refractivity (Wildman–Crippen MR) is 126 cm³/mol. The number of nitrogens with zero attached hydrogens (tertiary/aromatic N) is 2. The van der Waals surface area contributed by atoms with Crippen LogP contribution in [0.5, 0.6) is 11.5 Å². The van der Waals surface area contributed by atoms with Crippen LogP contribution in [0.3, 0.4) is 0 Å². The minimum atomic E-state index is 0.0417. The van der Waals surface area contributed by atoms with Gasteiger partial charge in [-0.05, 0) is 65.2 Å². The average Bonchev–Trinajstić information content (AvgIpc) is 3.36. The van der Waals surface area contributed by atoms with Crippen LogP contribution in [-0.2, 0) is 0 Å². The van der Waals surface area contributed by atoms with Gasteiger partial charge < -0.3 is 9.47 Å². The molecule has 0 N–H and O–H groups in total. The minimum Gasteiger partial charge on any atom is -0.497 e. The van der Waals surface area contributed by atoms with Gasteiger partial charge in [0.05, 0.1) is 19.9 Å². The minimum absolute atomic E-state index is 0.0417. The zero-order chi connectivity index (χ0) is 22.0. The lowest BCUT2D eigenvalue weighted by Crippen LogP contribution is -1.96. The van der Waals surface area contributed by atoms with Crippen molar-refractivity contribution in [2.45, 2.75) is 0 Å². The van der Waals surface area contributed by atoms with E-state index in [-0.39, 0.29) is 5.43 Å². The number of rotatable bonds is 3. The first-order valence-electron chi connectivity index (χ1n) is 10.1. The Kier molecular flexibility index (Phi) is 4.04. The Balaban J connectivity index is 1.75. The van der Waals surface area contributed by atoms with Gasteiger partial charge in [-0.3, -0.25) is 4.79 Å². The van der Waals surface area contributed by atoms with Crippen LogP contribution in [0.1, 0.15) is 0 Å². The standard InChI is InChI=1S/C26H17ClN2O3/c1-31-15-8-10-17-19(12-15)23-24(28-29(26(23)27)14-6-4-3-5-7-14)20-13-16(32-2)9-11-18(20)22-21(17)25(22)30/h3-13H,1-2H3. The van der Waals surface area contributed by atoms with Crippen molar-refractivity contribution < 1.29 is 9.47 Å². The molecule has 0 unspecified atom stereocenters. The topological polar surface area (TPSA) is 53.4 Å². The summed E-state index contributed by atoms with van der Waals surface area (Å²) in [5, 5.41) is 5.39. The lowest BCUT2D eigenvalue weighted by Gasteiger charge is -2.15.